The second-order valence-corrected chi connectivity index (χ2v) is 9.85. The van der Waals surface area contributed by atoms with E-state index in [1.54, 1.807) is 11.0 Å². The first-order valence-corrected chi connectivity index (χ1v) is 12.8. The van der Waals surface area contributed by atoms with E-state index in [1.165, 1.54) is 0 Å². The predicted octanol–water partition coefficient (Wildman–Crippen LogP) is 7.17. The topological polar surface area (TPSA) is 80.3 Å². The normalized spacial score (nSPS) is 14.8. The molecule has 1 N–H and O–H groups in total. The van der Waals surface area contributed by atoms with Crippen molar-refractivity contribution < 1.29 is 14.3 Å². The summed E-state index contributed by atoms with van der Waals surface area (Å²) >= 11 is 6.32. The molecule has 8 heteroatoms. The Balaban J connectivity index is 1.36. The monoisotopic (exact) mass is 524 g/mol. The Labute approximate surface area is 225 Å². The highest BCUT2D eigenvalue weighted by atomic mass is 35.5. The minimum atomic E-state index is -0.406. The maximum absolute atomic E-state index is 13.5. The van der Waals surface area contributed by atoms with Crippen molar-refractivity contribution in [2.75, 3.05) is 6.54 Å². The number of halogens is 1. The molecule has 0 aliphatic carbocycles. The Morgan fingerprint density at radius 2 is 1.71 bits per heavy atom. The molecular formula is C30H25ClN4O3. The number of ether oxygens (including phenoxy) is 2. The van der Waals surface area contributed by atoms with Crippen LogP contribution in [0.2, 0.25) is 5.02 Å². The molecule has 190 valence electrons. The zero-order valence-electron chi connectivity index (χ0n) is 20.9. The molecule has 0 bridgehead atoms. The molecule has 6 rings (SSSR count). The third kappa shape index (κ3) is 4.68. The zero-order chi connectivity index (χ0) is 26.2. The fourth-order valence-electron chi connectivity index (χ4n) is 4.85. The molecule has 0 radical (unpaired) electrons. The van der Waals surface area contributed by atoms with Crippen LogP contribution in [0.25, 0.3) is 10.9 Å². The molecule has 1 aliphatic rings. The fourth-order valence-corrected chi connectivity index (χ4v) is 5.02. The van der Waals surface area contributed by atoms with Gasteiger partial charge in [-0.2, -0.15) is 5.10 Å². The van der Waals surface area contributed by atoms with Gasteiger partial charge in [-0.3, -0.25) is 4.90 Å². The maximum atomic E-state index is 13.5. The van der Waals surface area contributed by atoms with Crippen molar-refractivity contribution in [2.24, 2.45) is 0 Å². The van der Waals surface area contributed by atoms with Crippen LogP contribution in [0.4, 0.5) is 4.79 Å². The first kappa shape index (κ1) is 24.0. The molecular weight excluding hydrogens is 500 g/mol. The first-order valence-electron chi connectivity index (χ1n) is 12.4. The number of benzene rings is 3. The Bertz CT molecular complexity index is 1610. The van der Waals surface area contributed by atoms with Gasteiger partial charge in [0, 0.05) is 34.2 Å². The average Bonchev–Trinajstić information content (AvgIpc) is 3.29. The summed E-state index contributed by atoms with van der Waals surface area (Å²) in [7, 11) is 0. The summed E-state index contributed by atoms with van der Waals surface area (Å²) in [6, 6.07) is 24.2. The first-order chi connectivity index (χ1) is 18.4. The molecule has 7 nitrogen and oxygen atoms in total. The number of aromatic nitrogens is 3. The molecule has 0 fully saturated rings. The standard InChI is InChI=1S/C30H25ClN4O3/c1-18-3-9-23(10-4-18)38-30(36)35-16-15-24-25-17-21(31)8-13-26(25)32-28(24)29(35)20-6-11-22(12-7-20)37-27-14-5-19(2)33-34-27/h3-14,17,29,32H,15-16H2,1-2H3. The van der Waals surface area contributed by atoms with Crippen LogP contribution < -0.4 is 9.47 Å². The number of aryl methyl sites for hydroxylation is 2. The van der Waals surface area contributed by atoms with E-state index < -0.39 is 6.09 Å². The van der Waals surface area contributed by atoms with E-state index in [1.807, 2.05) is 86.6 Å². The van der Waals surface area contributed by atoms with E-state index in [9.17, 15) is 4.79 Å². The maximum Gasteiger partial charge on any atom is 0.416 e. The van der Waals surface area contributed by atoms with E-state index >= 15 is 0 Å². The van der Waals surface area contributed by atoms with Gasteiger partial charge >= 0.3 is 6.09 Å². The SMILES string of the molecule is Cc1ccc(OC(=O)N2CCc3c([nH]c4ccc(Cl)cc34)C2c2ccc(Oc3ccc(C)nn3)cc2)cc1. The number of carbonyl (C=O) groups is 1. The molecule has 1 unspecified atom stereocenters. The largest absolute Gasteiger partial charge is 0.438 e. The minimum Gasteiger partial charge on any atom is -0.438 e. The summed E-state index contributed by atoms with van der Waals surface area (Å²) in [6.07, 6.45) is 0.277. The van der Waals surface area contributed by atoms with Crippen molar-refractivity contribution >= 4 is 28.6 Å². The van der Waals surface area contributed by atoms with Crippen molar-refractivity contribution in [3.8, 4) is 17.4 Å². The third-order valence-corrected chi connectivity index (χ3v) is 6.98. The summed E-state index contributed by atoms with van der Waals surface area (Å²) in [5.74, 6) is 1.55. The number of amides is 1. The van der Waals surface area contributed by atoms with Gasteiger partial charge in [-0.15, -0.1) is 5.10 Å². The number of aromatic amines is 1. The lowest BCUT2D eigenvalue weighted by Gasteiger charge is -2.35. The molecule has 1 aliphatic heterocycles. The number of nitrogens with zero attached hydrogens (tertiary/aromatic N) is 3. The van der Waals surface area contributed by atoms with E-state index in [-0.39, 0.29) is 6.04 Å². The third-order valence-electron chi connectivity index (χ3n) is 6.74. The highest BCUT2D eigenvalue weighted by molar-refractivity contribution is 6.31. The molecule has 38 heavy (non-hydrogen) atoms. The predicted molar refractivity (Wildman–Crippen MR) is 146 cm³/mol. The van der Waals surface area contributed by atoms with Gasteiger partial charge in [-0.1, -0.05) is 41.4 Å². The minimum absolute atomic E-state index is 0.379. The Morgan fingerprint density at radius 1 is 0.947 bits per heavy atom. The molecule has 2 aromatic heterocycles. The van der Waals surface area contributed by atoms with Crippen LogP contribution in [0.5, 0.6) is 17.4 Å². The van der Waals surface area contributed by atoms with E-state index in [0.29, 0.717) is 35.4 Å². The van der Waals surface area contributed by atoms with Crippen LogP contribution in [0.1, 0.15) is 34.1 Å². The number of H-pyrrole nitrogens is 1. The smallest absolute Gasteiger partial charge is 0.416 e. The van der Waals surface area contributed by atoms with Crippen molar-refractivity contribution in [1.82, 2.24) is 20.1 Å². The number of rotatable bonds is 4. The molecule has 3 heterocycles. The van der Waals surface area contributed by atoms with Crippen LogP contribution in [0.15, 0.2) is 78.9 Å². The van der Waals surface area contributed by atoms with Gasteiger partial charge in [-0.25, -0.2) is 4.79 Å². The average molecular weight is 525 g/mol. The summed E-state index contributed by atoms with van der Waals surface area (Å²) < 4.78 is 11.7. The highest BCUT2D eigenvalue weighted by Gasteiger charge is 2.35. The van der Waals surface area contributed by atoms with Crippen LogP contribution in [-0.2, 0) is 6.42 Å². The quantitative estimate of drug-likeness (QED) is 0.269. The lowest BCUT2D eigenvalue weighted by atomic mass is 9.92. The summed E-state index contributed by atoms with van der Waals surface area (Å²) in [5, 5.41) is 9.86. The van der Waals surface area contributed by atoms with Crippen LogP contribution >= 0.6 is 11.6 Å². The van der Waals surface area contributed by atoms with Gasteiger partial charge in [-0.05, 0) is 79.9 Å². The lowest BCUT2D eigenvalue weighted by molar-refractivity contribution is 0.135. The number of hydrogen-bond acceptors (Lipinski definition) is 5. The highest BCUT2D eigenvalue weighted by Crippen LogP contribution is 2.40. The van der Waals surface area contributed by atoms with Crippen molar-refractivity contribution in [3.63, 3.8) is 0 Å². The number of fused-ring (bicyclic) bond motifs is 3. The molecule has 1 atom stereocenters. The summed E-state index contributed by atoms with van der Waals surface area (Å²) in [5.41, 5.74) is 5.93. The van der Waals surface area contributed by atoms with Crippen LogP contribution in [0.3, 0.4) is 0 Å². The van der Waals surface area contributed by atoms with Gasteiger partial charge in [0.15, 0.2) is 0 Å². The number of hydrogen-bond donors (Lipinski definition) is 1. The number of nitrogens with one attached hydrogen (secondary N) is 1. The summed E-state index contributed by atoms with van der Waals surface area (Å²) in [4.78, 5) is 18.8. The van der Waals surface area contributed by atoms with Crippen LogP contribution in [-0.4, -0.2) is 32.7 Å². The molecule has 0 saturated carbocycles. The fraction of sp³-hybridized carbons (Fsp3) is 0.167. The molecule has 5 aromatic rings. The van der Waals surface area contributed by atoms with Crippen molar-refractivity contribution in [2.45, 2.75) is 26.3 Å². The Hall–Kier alpha value is -4.36. The van der Waals surface area contributed by atoms with E-state index in [0.717, 1.165) is 39.0 Å². The van der Waals surface area contributed by atoms with Gasteiger partial charge in [0.1, 0.15) is 17.5 Å². The van der Waals surface area contributed by atoms with Crippen molar-refractivity contribution in [3.05, 3.63) is 112 Å². The molecule has 0 saturated heterocycles. The molecule has 0 spiro atoms. The Morgan fingerprint density at radius 3 is 2.45 bits per heavy atom. The lowest BCUT2D eigenvalue weighted by Crippen LogP contribution is -2.42. The van der Waals surface area contributed by atoms with Gasteiger partial charge in [0.25, 0.3) is 0 Å². The van der Waals surface area contributed by atoms with Crippen molar-refractivity contribution in [1.29, 1.82) is 0 Å². The van der Waals surface area contributed by atoms with Crippen LogP contribution in [0, 0.1) is 13.8 Å². The molecule has 3 aromatic carbocycles. The summed E-state index contributed by atoms with van der Waals surface area (Å²) in [6.45, 7) is 4.37. The second kappa shape index (κ2) is 9.84. The van der Waals surface area contributed by atoms with Gasteiger partial charge in [0.05, 0.1) is 5.69 Å². The van der Waals surface area contributed by atoms with E-state index in [2.05, 4.69) is 15.2 Å². The van der Waals surface area contributed by atoms with Gasteiger partial charge < -0.3 is 14.5 Å². The Kier molecular flexibility index (Phi) is 6.21. The number of carbonyl (C=O) groups excluding carboxylic acids is 1. The van der Waals surface area contributed by atoms with E-state index in [4.69, 9.17) is 21.1 Å². The second-order valence-electron chi connectivity index (χ2n) is 9.42. The van der Waals surface area contributed by atoms with Gasteiger partial charge in [0.2, 0.25) is 5.88 Å². The molecule has 1 amide bonds. The zero-order valence-corrected chi connectivity index (χ0v) is 21.7.